The Morgan fingerprint density at radius 2 is 2.00 bits per heavy atom. The fourth-order valence-electron chi connectivity index (χ4n) is 3.81. The number of benzene rings is 1. The maximum atomic E-state index is 13.2. The summed E-state index contributed by atoms with van der Waals surface area (Å²) in [5.41, 5.74) is 0.574. The Kier molecular flexibility index (Phi) is 6.07. The molecule has 1 aliphatic heterocycles. The van der Waals surface area contributed by atoms with Crippen LogP contribution in [-0.2, 0) is 14.3 Å². The first kappa shape index (κ1) is 20.0. The molecule has 1 amide bonds. The molecule has 6 heteroatoms. The number of hydrogen-bond acceptors (Lipinski definition) is 5. The molecule has 2 atom stereocenters. The Bertz CT molecular complexity index is 893. The molecule has 2 heterocycles. The molecule has 6 nitrogen and oxygen atoms in total. The molecular weight excluding hydrogens is 356 g/mol. The molecule has 0 spiro atoms. The first-order valence-electron chi connectivity index (χ1n) is 9.67. The zero-order chi connectivity index (χ0) is 20.3. The van der Waals surface area contributed by atoms with Crippen LogP contribution in [0.4, 0.5) is 0 Å². The van der Waals surface area contributed by atoms with Gasteiger partial charge in [0.1, 0.15) is 6.04 Å². The van der Waals surface area contributed by atoms with Gasteiger partial charge in [0.2, 0.25) is 5.91 Å². The SMILES string of the molecule is COC(=O)[C@@H]1CCCN1C(=O)[C@@H](CC(=O)c1ccc2ccncc2c1)C(C)C. The van der Waals surface area contributed by atoms with Crippen LogP contribution in [0.15, 0.2) is 36.7 Å². The molecule has 1 aromatic heterocycles. The fourth-order valence-corrected chi connectivity index (χ4v) is 3.81. The Labute approximate surface area is 164 Å². The number of methoxy groups -OCH3 is 1. The van der Waals surface area contributed by atoms with Crippen LogP contribution in [0.1, 0.15) is 43.5 Å². The molecule has 0 aliphatic carbocycles. The summed E-state index contributed by atoms with van der Waals surface area (Å²) in [6.45, 7) is 4.39. The Morgan fingerprint density at radius 1 is 1.21 bits per heavy atom. The lowest BCUT2D eigenvalue weighted by Gasteiger charge is -2.29. The molecule has 0 radical (unpaired) electrons. The van der Waals surface area contributed by atoms with Crippen molar-refractivity contribution in [2.75, 3.05) is 13.7 Å². The molecule has 1 aliphatic rings. The van der Waals surface area contributed by atoms with Gasteiger partial charge in [0.15, 0.2) is 5.78 Å². The highest BCUT2D eigenvalue weighted by Gasteiger charge is 2.39. The highest BCUT2D eigenvalue weighted by atomic mass is 16.5. The summed E-state index contributed by atoms with van der Waals surface area (Å²) in [4.78, 5) is 43.8. The smallest absolute Gasteiger partial charge is 0.328 e. The Hall–Kier alpha value is -2.76. The van der Waals surface area contributed by atoms with Crippen LogP contribution in [0.5, 0.6) is 0 Å². The average molecular weight is 382 g/mol. The number of likely N-dealkylation sites (tertiary alicyclic amines) is 1. The van der Waals surface area contributed by atoms with Gasteiger partial charge >= 0.3 is 5.97 Å². The first-order valence-corrected chi connectivity index (χ1v) is 9.67. The van der Waals surface area contributed by atoms with E-state index in [0.29, 0.717) is 18.5 Å². The van der Waals surface area contributed by atoms with Crippen molar-refractivity contribution in [2.45, 2.75) is 39.2 Å². The van der Waals surface area contributed by atoms with Crippen molar-refractivity contribution in [1.82, 2.24) is 9.88 Å². The van der Waals surface area contributed by atoms with Crippen LogP contribution in [0.2, 0.25) is 0 Å². The number of aromatic nitrogens is 1. The third-order valence-electron chi connectivity index (χ3n) is 5.50. The third-order valence-corrected chi connectivity index (χ3v) is 5.50. The second-order valence-corrected chi connectivity index (χ2v) is 7.63. The van der Waals surface area contributed by atoms with Crippen LogP contribution < -0.4 is 0 Å². The van der Waals surface area contributed by atoms with Crippen LogP contribution in [0.25, 0.3) is 10.8 Å². The van der Waals surface area contributed by atoms with Crippen molar-refractivity contribution in [3.63, 3.8) is 0 Å². The second-order valence-electron chi connectivity index (χ2n) is 7.63. The number of carbonyl (C=O) groups is 3. The summed E-state index contributed by atoms with van der Waals surface area (Å²) < 4.78 is 4.84. The van der Waals surface area contributed by atoms with E-state index < -0.39 is 12.0 Å². The lowest BCUT2D eigenvalue weighted by molar-refractivity contribution is -0.152. The third kappa shape index (κ3) is 4.06. The van der Waals surface area contributed by atoms with Crippen molar-refractivity contribution >= 4 is 28.4 Å². The second kappa shape index (κ2) is 8.50. The number of ether oxygens (including phenoxy) is 1. The number of carbonyl (C=O) groups excluding carboxylic acids is 3. The van der Waals surface area contributed by atoms with Crippen molar-refractivity contribution in [2.24, 2.45) is 11.8 Å². The number of Topliss-reactive ketones (excluding diaryl/α,β-unsaturated/α-hetero) is 1. The quantitative estimate of drug-likeness (QED) is 0.566. The lowest BCUT2D eigenvalue weighted by Crippen LogP contribution is -2.45. The van der Waals surface area contributed by atoms with E-state index in [-0.39, 0.29) is 30.0 Å². The summed E-state index contributed by atoms with van der Waals surface area (Å²) in [6.07, 6.45) is 4.93. The largest absolute Gasteiger partial charge is 0.467 e. The molecule has 0 bridgehead atoms. The van der Waals surface area contributed by atoms with Gasteiger partial charge in [0.05, 0.1) is 7.11 Å². The minimum atomic E-state index is -0.541. The van der Waals surface area contributed by atoms with Crippen LogP contribution in [-0.4, -0.2) is 47.2 Å². The van der Waals surface area contributed by atoms with Gasteiger partial charge in [-0.3, -0.25) is 14.6 Å². The molecule has 0 N–H and O–H groups in total. The highest BCUT2D eigenvalue weighted by Crippen LogP contribution is 2.27. The van der Waals surface area contributed by atoms with E-state index in [0.717, 1.165) is 17.2 Å². The first-order chi connectivity index (χ1) is 13.4. The number of ketones is 1. The van der Waals surface area contributed by atoms with Gasteiger partial charge in [-0.25, -0.2) is 4.79 Å². The minimum absolute atomic E-state index is 0.0162. The fraction of sp³-hybridized carbons (Fsp3) is 0.455. The molecule has 1 aromatic carbocycles. The standard InChI is InChI=1S/C22H26N2O4/c1-14(2)18(21(26)24-10-4-5-19(24)22(27)28-3)12-20(25)16-7-6-15-8-9-23-13-17(15)11-16/h6-9,11,13-14,18-19H,4-5,10,12H2,1-3H3/t18-,19-/m0/s1. The van der Waals surface area contributed by atoms with Gasteiger partial charge in [-0.1, -0.05) is 26.0 Å². The molecule has 1 fully saturated rings. The van der Waals surface area contributed by atoms with Crippen molar-refractivity contribution in [3.8, 4) is 0 Å². The summed E-state index contributed by atoms with van der Waals surface area (Å²) >= 11 is 0. The van der Waals surface area contributed by atoms with Gasteiger partial charge in [-0.15, -0.1) is 0 Å². The summed E-state index contributed by atoms with van der Waals surface area (Å²) in [5, 5.41) is 1.91. The molecule has 0 unspecified atom stereocenters. The Balaban J connectivity index is 1.79. The zero-order valence-electron chi connectivity index (χ0n) is 16.6. The molecular formula is C22H26N2O4. The minimum Gasteiger partial charge on any atom is -0.467 e. The van der Waals surface area contributed by atoms with E-state index in [1.165, 1.54) is 7.11 Å². The molecule has 148 valence electrons. The Morgan fingerprint density at radius 3 is 2.71 bits per heavy atom. The number of hydrogen-bond donors (Lipinski definition) is 0. The molecule has 2 aromatic rings. The van der Waals surface area contributed by atoms with Crippen molar-refractivity contribution < 1.29 is 19.1 Å². The van der Waals surface area contributed by atoms with E-state index in [1.807, 2.05) is 32.0 Å². The van der Waals surface area contributed by atoms with Gasteiger partial charge < -0.3 is 9.64 Å². The van der Waals surface area contributed by atoms with E-state index in [1.54, 1.807) is 23.4 Å². The monoisotopic (exact) mass is 382 g/mol. The maximum Gasteiger partial charge on any atom is 0.328 e. The van der Waals surface area contributed by atoms with Gasteiger partial charge in [-0.05, 0) is 36.3 Å². The molecule has 28 heavy (non-hydrogen) atoms. The van der Waals surface area contributed by atoms with Crippen LogP contribution >= 0.6 is 0 Å². The average Bonchev–Trinajstić information content (AvgIpc) is 3.20. The van der Waals surface area contributed by atoms with Crippen LogP contribution in [0, 0.1) is 11.8 Å². The number of pyridine rings is 1. The summed E-state index contributed by atoms with van der Waals surface area (Å²) in [5.74, 6) is -1.09. The zero-order valence-corrected chi connectivity index (χ0v) is 16.6. The van der Waals surface area contributed by atoms with E-state index >= 15 is 0 Å². The maximum absolute atomic E-state index is 13.2. The molecule has 0 saturated carbocycles. The number of amides is 1. The van der Waals surface area contributed by atoms with Gasteiger partial charge in [0, 0.05) is 42.2 Å². The van der Waals surface area contributed by atoms with Gasteiger partial charge in [0.25, 0.3) is 0 Å². The predicted octanol–water partition coefficient (Wildman–Crippen LogP) is 3.24. The van der Waals surface area contributed by atoms with Crippen molar-refractivity contribution in [1.29, 1.82) is 0 Å². The lowest BCUT2D eigenvalue weighted by atomic mass is 9.87. The number of esters is 1. The normalized spacial score (nSPS) is 17.7. The number of fused-ring (bicyclic) bond motifs is 1. The van der Waals surface area contributed by atoms with Gasteiger partial charge in [-0.2, -0.15) is 0 Å². The predicted molar refractivity (Wildman–Crippen MR) is 106 cm³/mol. The topological polar surface area (TPSA) is 76.6 Å². The number of nitrogens with zero attached hydrogens (tertiary/aromatic N) is 2. The van der Waals surface area contributed by atoms with E-state index in [9.17, 15) is 14.4 Å². The molecule has 1 saturated heterocycles. The van der Waals surface area contributed by atoms with E-state index in [2.05, 4.69) is 4.98 Å². The number of rotatable bonds is 6. The van der Waals surface area contributed by atoms with Crippen LogP contribution in [0.3, 0.4) is 0 Å². The summed E-state index contributed by atoms with van der Waals surface area (Å²) in [6, 6.07) is 6.86. The summed E-state index contributed by atoms with van der Waals surface area (Å²) in [7, 11) is 1.33. The highest BCUT2D eigenvalue weighted by molar-refractivity contribution is 6.01. The van der Waals surface area contributed by atoms with Crippen molar-refractivity contribution in [3.05, 3.63) is 42.2 Å². The molecule has 3 rings (SSSR count). The van der Waals surface area contributed by atoms with E-state index in [4.69, 9.17) is 4.74 Å².